The summed E-state index contributed by atoms with van der Waals surface area (Å²) in [4.78, 5) is 9.08. The molecule has 2 heterocycles. The maximum Gasteiger partial charge on any atom is 0.218 e. The van der Waals surface area contributed by atoms with E-state index < -0.39 is 0 Å². The Labute approximate surface area is 150 Å². The smallest absolute Gasteiger partial charge is 0.218 e. The molecule has 134 valence electrons. The van der Waals surface area contributed by atoms with Gasteiger partial charge in [0.25, 0.3) is 0 Å². The van der Waals surface area contributed by atoms with Gasteiger partial charge in [-0.15, -0.1) is 0 Å². The molecule has 0 bridgehead atoms. The van der Waals surface area contributed by atoms with Crippen LogP contribution >= 0.6 is 0 Å². The zero-order valence-electron chi connectivity index (χ0n) is 15.3. The summed E-state index contributed by atoms with van der Waals surface area (Å²) in [5.41, 5.74) is 2.43. The first-order chi connectivity index (χ1) is 12.1. The molecule has 1 aliphatic heterocycles. The lowest BCUT2D eigenvalue weighted by atomic mass is 10.1. The van der Waals surface area contributed by atoms with Gasteiger partial charge in [-0.05, 0) is 44.3 Å². The molecule has 0 spiro atoms. The fraction of sp³-hybridized carbons (Fsp3) is 0.450. The van der Waals surface area contributed by atoms with Crippen LogP contribution in [-0.2, 0) is 13.1 Å². The van der Waals surface area contributed by atoms with Crippen molar-refractivity contribution in [2.75, 3.05) is 34.3 Å². The van der Waals surface area contributed by atoms with E-state index >= 15 is 0 Å². The van der Waals surface area contributed by atoms with E-state index in [-0.39, 0.29) is 6.10 Å². The van der Waals surface area contributed by atoms with Crippen LogP contribution in [0.3, 0.4) is 0 Å². The lowest BCUT2D eigenvalue weighted by Gasteiger charge is -2.24. The van der Waals surface area contributed by atoms with Gasteiger partial charge in [-0.3, -0.25) is 4.90 Å². The third kappa shape index (κ3) is 4.94. The highest BCUT2D eigenvalue weighted by atomic mass is 16.5. The number of rotatable bonds is 6. The molecular formula is C20H27N3O2. The minimum Gasteiger partial charge on any atom is -0.497 e. The second-order valence-electron chi connectivity index (χ2n) is 6.82. The van der Waals surface area contributed by atoms with E-state index in [9.17, 15) is 0 Å². The predicted octanol–water partition coefficient (Wildman–Crippen LogP) is 2.81. The van der Waals surface area contributed by atoms with Gasteiger partial charge in [0.2, 0.25) is 5.88 Å². The molecule has 5 heteroatoms. The average molecular weight is 341 g/mol. The fourth-order valence-corrected chi connectivity index (χ4v) is 3.10. The Balaban J connectivity index is 1.74. The molecule has 0 amide bonds. The van der Waals surface area contributed by atoms with Gasteiger partial charge in [-0.25, -0.2) is 4.98 Å². The Morgan fingerprint density at radius 1 is 1.24 bits per heavy atom. The number of aromatic nitrogens is 1. The number of benzene rings is 1. The number of ether oxygens (including phenoxy) is 2. The molecule has 0 saturated heterocycles. The van der Waals surface area contributed by atoms with Crippen LogP contribution in [0.2, 0.25) is 0 Å². The third-order valence-electron chi connectivity index (χ3n) is 4.45. The highest BCUT2D eigenvalue weighted by Gasteiger charge is 2.23. The van der Waals surface area contributed by atoms with E-state index in [0.717, 1.165) is 49.8 Å². The molecule has 0 N–H and O–H groups in total. The van der Waals surface area contributed by atoms with Gasteiger partial charge < -0.3 is 14.4 Å². The molecular weight excluding hydrogens is 314 g/mol. The van der Waals surface area contributed by atoms with Crippen LogP contribution in [0.1, 0.15) is 17.5 Å². The van der Waals surface area contributed by atoms with E-state index in [2.05, 4.69) is 47.1 Å². The maximum atomic E-state index is 6.21. The summed E-state index contributed by atoms with van der Waals surface area (Å²) in [7, 11) is 5.89. The number of fused-ring (bicyclic) bond motifs is 1. The van der Waals surface area contributed by atoms with Gasteiger partial charge in [-0.2, -0.15) is 0 Å². The number of hydrogen-bond donors (Lipinski definition) is 0. The molecule has 2 aromatic rings. The minimum absolute atomic E-state index is 0.150. The number of nitrogens with zero attached hydrogens (tertiary/aromatic N) is 3. The molecule has 1 aromatic heterocycles. The Morgan fingerprint density at radius 2 is 2.04 bits per heavy atom. The largest absolute Gasteiger partial charge is 0.497 e. The van der Waals surface area contributed by atoms with Crippen LogP contribution in [0.25, 0.3) is 0 Å². The molecule has 25 heavy (non-hydrogen) atoms. The van der Waals surface area contributed by atoms with Crippen LogP contribution in [0.4, 0.5) is 0 Å². The lowest BCUT2D eigenvalue weighted by molar-refractivity contribution is 0.124. The van der Waals surface area contributed by atoms with Gasteiger partial charge in [0, 0.05) is 37.9 Å². The quantitative estimate of drug-likeness (QED) is 0.808. The summed E-state index contributed by atoms with van der Waals surface area (Å²) in [6.07, 6.45) is 2.94. The van der Waals surface area contributed by atoms with E-state index in [1.54, 1.807) is 13.3 Å². The molecule has 1 atom stereocenters. The summed E-state index contributed by atoms with van der Waals surface area (Å²) in [5, 5.41) is 0. The molecule has 3 rings (SSSR count). The van der Waals surface area contributed by atoms with Gasteiger partial charge in [0.05, 0.1) is 7.11 Å². The number of methoxy groups -OCH3 is 1. The van der Waals surface area contributed by atoms with Gasteiger partial charge in [0.1, 0.15) is 11.9 Å². The average Bonchev–Trinajstić information content (AvgIpc) is 2.79. The fourth-order valence-electron chi connectivity index (χ4n) is 3.10. The number of pyridine rings is 1. The Bertz CT molecular complexity index is 673. The topological polar surface area (TPSA) is 37.8 Å². The van der Waals surface area contributed by atoms with Crippen LogP contribution in [0.15, 0.2) is 42.6 Å². The molecule has 0 aliphatic carbocycles. The standard InChI is InChI=1S/C20H27N3O2/c1-22(2)12-10-19-15-23(13-16-6-8-18(24-3)9-7-16)14-17-5-4-11-21-20(17)25-19/h4-9,11,19H,10,12-15H2,1-3H3. The lowest BCUT2D eigenvalue weighted by Crippen LogP contribution is -2.34. The van der Waals surface area contributed by atoms with Crippen molar-refractivity contribution in [3.63, 3.8) is 0 Å². The van der Waals surface area contributed by atoms with E-state index in [1.165, 1.54) is 5.56 Å². The summed E-state index contributed by atoms with van der Waals surface area (Å²) in [5.74, 6) is 1.67. The first kappa shape index (κ1) is 17.7. The zero-order chi connectivity index (χ0) is 17.6. The highest BCUT2D eigenvalue weighted by Crippen LogP contribution is 2.25. The molecule has 0 saturated carbocycles. The molecule has 1 aromatic carbocycles. The normalized spacial score (nSPS) is 17.7. The summed E-state index contributed by atoms with van der Waals surface area (Å²) in [6.45, 7) is 3.65. The van der Waals surface area contributed by atoms with Crippen molar-refractivity contribution in [2.24, 2.45) is 0 Å². The SMILES string of the molecule is COc1ccc(CN2Cc3cccnc3OC(CCN(C)C)C2)cc1. The van der Waals surface area contributed by atoms with Crippen molar-refractivity contribution in [3.05, 3.63) is 53.7 Å². The van der Waals surface area contributed by atoms with Crippen molar-refractivity contribution < 1.29 is 9.47 Å². The van der Waals surface area contributed by atoms with Crippen molar-refractivity contribution in [2.45, 2.75) is 25.6 Å². The molecule has 1 unspecified atom stereocenters. The van der Waals surface area contributed by atoms with Crippen molar-refractivity contribution in [1.82, 2.24) is 14.8 Å². The minimum atomic E-state index is 0.150. The van der Waals surface area contributed by atoms with Gasteiger partial charge in [0.15, 0.2) is 0 Å². The first-order valence-corrected chi connectivity index (χ1v) is 8.74. The van der Waals surface area contributed by atoms with Crippen molar-refractivity contribution >= 4 is 0 Å². The molecule has 5 nitrogen and oxygen atoms in total. The Hall–Kier alpha value is -2.11. The van der Waals surface area contributed by atoms with Gasteiger partial charge in [-0.1, -0.05) is 18.2 Å². The summed E-state index contributed by atoms with van der Waals surface area (Å²) >= 11 is 0. The monoisotopic (exact) mass is 341 g/mol. The second kappa shape index (κ2) is 8.32. The van der Waals surface area contributed by atoms with Crippen molar-refractivity contribution in [1.29, 1.82) is 0 Å². The van der Waals surface area contributed by atoms with Crippen LogP contribution in [0.5, 0.6) is 11.6 Å². The third-order valence-corrected chi connectivity index (χ3v) is 4.45. The summed E-state index contributed by atoms with van der Waals surface area (Å²) < 4.78 is 11.5. The van der Waals surface area contributed by atoms with Gasteiger partial charge >= 0.3 is 0 Å². The van der Waals surface area contributed by atoms with Crippen LogP contribution < -0.4 is 9.47 Å². The molecule has 1 aliphatic rings. The summed E-state index contributed by atoms with van der Waals surface area (Å²) in [6, 6.07) is 12.4. The zero-order valence-corrected chi connectivity index (χ0v) is 15.3. The highest BCUT2D eigenvalue weighted by molar-refractivity contribution is 5.29. The molecule has 0 fully saturated rings. The van der Waals surface area contributed by atoms with E-state index in [4.69, 9.17) is 9.47 Å². The molecule has 0 radical (unpaired) electrons. The second-order valence-corrected chi connectivity index (χ2v) is 6.82. The Kier molecular flexibility index (Phi) is 5.89. The maximum absolute atomic E-state index is 6.21. The van der Waals surface area contributed by atoms with Crippen molar-refractivity contribution in [3.8, 4) is 11.6 Å². The van der Waals surface area contributed by atoms with Crippen LogP contribution in [0, 0.1) is 0 Å². The van der Waals surface area contributed by atoms with E-state index in [1.807, 2.05) is 18.2 Å². The predicted molar refractivity (Wildman–Crippen MR) is 98.9 cm³/mol. The Morgan fingerprint density at radius 3 is 2.76 bits per heavy atom. The first-order valence-electron chi connectivity index (χ1n) is 8.74. The number of hydrogen-bond acceptors (Lipinski definition) is 5. The van der Waals surface area contributed by atoms with E-state index in [0.29, 0.717) is 0 Å². The van der Waals surface area contributed by atoms with Crippen LogP contribution in [-0.4, -0.2) is 55.2 Å².